The molecule has 26 heavy (non-hydrogen) atoms. The van der Waals surface area contributed by atoms with Crippen molar-refractivity contribution in [2.75, 3.05) is 0 Å². The van der Waals surface area contributed by atoms with Gasteiger partial charge in [-0.1, -0.05) is 41.9 Å². The number of nitrogens with one attached hydrogen (secondary N) is 2. The van der Waals surface area contributed by atoms with Crippen molar-refractivity contribution in [2.45, 2.75) is 25.5 Å². The zero-order valence-electron chi connectivity index (χ0n) is 14.2. The van der Waals surface area contributed by atoms with Gasteiger partial charge in [-0.2, -0.15) is 0 Å². The zero-order chi connectivity index (χ0) is 18.7. The van der Waals surface area contributed by atoms with Crippen LogP contribution in [0.15, 0.2) is 54.6 Å². The van der Waals surface area contributed by atoms with Crippen molar-refractivity contribution < 1.29 is 14.7 Å². The van der Waals surface area contributed by atoms with Gasteiger partial charge in [0.05, 0.1) is 6.04 Å². The monoisotopic (exact) mass is 370 g/mol. The molecule has 0 fully saturated rings. The number of aliphatic hydroxyl groups excluding tert-OH is 1. The van der Waals surface area contributed by atoms with E-state index in [2.05, 4.69) is 10.3 Å². The van der Waals surface area contributed by atoms with Gasteiger partial charge in [0.1, 0.15) is 11.8 Å². The number of aromatic amines is 1. The van der Waals surface area contributed by atoms with E-state index in [-0.39, 0.29) is 0 Å². The number of ketones is 1. The van der Waals surface area contributed by atoms with E-state index in [0.29, 0.717) is 17.1 Å². The number of rotatable bonds is 6. The first-order chi connectivity index (χ1) is 12.4. The average molecular weight is 371 g/mol. The molecule has 0 radical (unpaired) electrons. The van der Waals surface area contributed by atoms with Crippen LogP contribution in [0.1, 0.15) is 23.0 Å². The van der Waals surface area contributed by atoms with Gasteiger partial charge >= 0.3 is 0 Å². The minimum atomic E-state index is -1.28. The molecule has 2 aromatic carbocycles. The SMILES string of the molecule is CC(=O)C(O)C(Cc1ccccc1)NC(=O)c1cc2cc(Cl)ccc2[nH]1. The maximum atomic E-state index is 12.6. The molecule has 0 saturated carbocycles. The molecule has 2 unspecified atom stereocenters. The summed E-state index contributed by atoms with van der Waals surface area (Å²) in [5.41, 5.74) is 2.05. The van der Waals surface area contributed by atoms with Crippen molar-refractivity contribution in [1.82, 2.24) is 10.3 Å². The summed E-state index contributed by atoms with van der Waals surface area (Å²) in [5.74, 6) is -0.784. The number of hydrogen-bond acceptors (Lipinski definition) is 3. The van der Waals surface area contributed by atoms with Crippen molar-refractivity contribution >= 4 is 34.2 Å². The second-order valence-electron chi connectivity index (χ2n) is 6.24. The van der Waals surface area contributed by atoms with Crippen LogP contribution in [-0.2, 0) is 11.2 Å². The van der Waals surface area contributed by atoms with Gasteiger partial charge in [-0.25, -0.2) is 0 Å². The van der Waals surface area contributed by atoms with Crippen LogP contribution >= 0.6 is 11.6 Å². The summed E-state index contributed by atoms with van der Waals surface area (Å²) in [4.78, 5) is 27.3. The van der Waals surface area contributed by atoms with E-state index in [1.807, 2.05) is 30.3 Å². The molecule has 1 heterocycles. The van der Waals surface area contributed by atoms with E-state index in [1.54, 1.807) is 24.3 Å². The fraction of sp³-hybridized carbons (Fsp3) is 0.200. The van der Waals surface area contributed by atoms with Crippen molar-refractivity contribution in [3.05, 3.63) is 70.9 Å². The predicted molar refractivity (Wildman–Crippen MR) is 101 cm³/mol. The lowest BCUT2D eigenvalue weighted by Crippen LogP contribution is -2.47. The molecule has 134 valence electrons. The highest BCUT2D eigenvalue weighted by Crippen LogP contribution is 2.20. The molecule has 3 aromatic rings. The van der Waals surface area contributed by atoms with Crippen LogP contribution < -0.4 is 5.32 Å². The molecule has 6 heteroatoms. The number of halogens is 1. The fourth-order valence-electron chi connectivity index (χ4n) is 2.86. The molecule has 0 saturated heterocycles. The van der Waals surface area contributed by atoms with Crippen LogP contribution in [0.3, 0.4) is 0 Å². The number of fused-ring (bicyclic) bond motifs is 1. The van der Waals surface area contributed by atoms with Crippen LogP contribution in [0, 0.1) is 0 Å². The Labute approximate surface area is 156 Å². The van der Waals surface area contributed by atoms with Gasteiger partial charge in [-0.05, 0) is 43.2 Å². The minimum Gasteiger partial charge on any atom is -0.383 e. The Bertz CT molecular complexity index is 937. The Morgan fingerprint density at radius 1 is 1.15 bits per heavy atom. The van der Waals surface area contributed by atoms with Crippen molar-refractivity contribution in [2.24, 2.45) is 0 Å². The van der Waals surface area contributed by atoms with E-state index in [0.717, 1.165) is 16.5 Å². The zero-order valence-corrected chi connectivity index (χ0v) is 15.0. The Kier molecular flexibility index (Phi) is 5.40. The van der Waals surface area contributed by atoms with Gasteiger partial charge in [-0.3, -0.25) is 9.59 Å². The Morgan fingerprint density at radius 3 is 2.58 bits per heavy atom. The van der Waals surface area contributed by atoms with E-state index < -0.39 is 23.8 Å². The molecule has 0 bridgehead atoms. The number of aliphatic hydroxyl groups is 1. The number of Topliss-reactive ketones (excluding diaryl/α,β-unsaturated/α-hetero) is 1. The number of hydrogen-bond donors (Lipinski definition) is 3. The van der Waals surface area contributed by atoms with Gasteiger partial charge in [-0.15, -0.1) is 0 Å². The normalized spacial score (nSPS) is 13.3. The average Bonchev–Trinajstić information content (AvgIpc) is 3.04. The summed E-state index contributed by atoms with van der Waals surface area (Å²) in [6.07, 6.45) is -0.933. The Hall–Kier alpha value is -2.63. The van der Waals surface area contributed by atoms with Crippen LogP contribution in [-0.4, -0.2) is 33.9 Å². The summed E-state index contributed by atoms with van der Waals surface area (Å²) >= 11 is 5.97. The molecule has 2 atom stereocenters. The maximum absolute atomic E-state index is 12.6. The topological polar surface area (TPSA) is 82.2 Å². The largest absolute Gasteiger partial charge is 0.383 e. The van der Waals surface area contributed by atoms with Crippen LogP contribution in [0.25, 0.3) is 10.9 Å². The number of H-pyrrole nitrogens is 1. The standard InChI is InChI=1S/C20H19ClN2O3/c1-12(24)19(25)17(9-13-5-3-2-4-6-13)23-20(26)18-11-14-10-15(21)7-8-16(14)22-18/h2-8,10-11,17,19,22,25H,9H2,1H3,(H,23,26). The third-order valence-electron chi connectivity index (χ3n) is 4.24. The second kappa shape index (κ2) is 7.72. The lowest BCUT2D eigenvalue weighted by atomic mass is 9.99. The molecule has 3 rings (SSSR count). The van der Waals surface area contributed by atoms with Gasteiger partial charge in [0.15, 0.2) is 5.78 Å². The summed E-state index contributed by atoms with van der Waals surface area (Å²) in [5, 5.41) is 14.4. The number of carbonyl (C=O) groups excluding carboxylic acids is 2. The third-order valence-corrected chi connectivity index (χ3v) is 4.48. The first-order valence-electron chi connectivity index (χ1n) is 8.25. The molecule has 0 aliphatic heterocycles. The van der Waals surface area contributed by atoms with Gasteiger partial charge in [0.2, 0.25) is 0 Å². The van der Waals surface area contributed by atoms with Crippen LogP contribution in [0.5, 0.6) is 0 Å². The molecular formula is C20H19ClN2O3. The van der Waals surface area contributed by atoms with E-state index >= 15 is 0 Å². The Balaban J connectivity index is 1.82. The molecule has 0 aliphatic rings. The van der Waals surface area contributed by atoms with Gasteiger partial charge in [0, 0.05) is 15.9 Å². The number of amides is 1. The maximum Gasteiger partial charge on any atom is 0.268 e. The molecule has 0 aliphatic carbocycles. The quantitative estimate of drug-likeness (QED) is 0.623. The summed E-state index contributed by atoms with van der Waals surface area (Å²) in [6, 6.07) is 15.7. The highest BCUT2D eigenvalue weighted by Gasteiger charge is 2.26. The van der Waals surface area contributed by atoms with Crippen LogP contribution in [0.4, 0.5) is 0 Å². The van der Waals surface area contributed by atoms with Crippen molar-refractivity contribution in [3.8, 4) is 0 Å². The molecule has 0 spiro atoms. The fourth-order valence-corrected chi connectivity index (χ4v) is 3.05. The summed E-state index contributed by atoms with van der Waals surface area (Å²) in [7, 11) is 0. The van der Waals surface area contributed by atoms with E-state index in [9.17, 15) is 14.7 Å². The molecule has 5 nitrogen and oxygen atoms in total. The lowest BCUT2D eigenvalue weighted by molar-refractivity contribution is -0.126. The highest BCUT2D eigenvalue weighted by molar-refractivity contribution is 6.31. The first kappa shape index (κ1) is 18.2. The third kappa shape index (κ3) is 4.12. The minimum absolute atomic E-state index is 0.344. The van der Waals surface area contributed by atoms with Crippen molar-refractivity contribution in [3.63, 3.8) is 0 Å². The highest BCUT2D eigenvalue weighted by atomic mass is 35.5. The van der Waals surface area contributed by atoms with E-state index in [1.165, 1.54) is 6.92 Å². The molecule has 1 aromatic heterocycles. The number of aromatic nitrogens is 1. The predicted octanol–water partition coefficient (Wildman–Crippen LogP) is 3.11. The first-order valence-corrected chi connectivity index (χ1v) is 8.63. The molecule has 3 N–H and O–H groups in total. The van der Waals surface area contributed by atoms with Gasteiger partial charge < -0.3 is 15.4 Å². The number of carbonyl (C=O) groups is 2. The molecule has 1 amide bonds. The Morgan fingerprint density at radius 2 is 1.88 bits per heavy atom. The van der Waals surface area contributed by atoms with Crippen molar-refractivity contribution in [1.29, 1.82) is 0 Å². The van der Waals surface area contributed by atoms with E-state index in [4.69, 9.17) is 11.6 Å². The smallest absolute Gasteiger partial charge is 0.268 e. The lowest BCUT2D eigenvalue weighted by Gasteiger charge is -2.22. The van der Waals surface area contributed by atoms with Gasteiger partial charge in [0.25, 0.3) is 5.91 Å². The summed E-state index contributed by atoms with van der Waals surface area (Å²) < 4.78 is 0. The second-order valence-corrected chi connectivity index (χ2v) is 6.68. The summed E-state index contributed by atoms with van der Waals surface area (Å²) in [6.45, 7) is 1.31. The number of benzene rings is 2. The molecular weight excluding hydrogens is 352 g/mol. The van der Waals surface area contributed by atoms with Crippen LogP contribution in [0.2, 0.25) is 5.02 Å².